The van der Waals surface area contributed by atoms with Crippen LogP contribution in [0.3, 0.4) is 0 Å². The highest BCUT2D eigenvalue weighted by molar-refractivity contribution is 9.10. The molecule has 0 saturated carbocycles. The SMILES string of the molecule is COCC1CCN(c2ncccc2Br)C1. The van der Waals surface area contributed by atoms with E-state index in [1.165, 1.54) is 6.42 Å². The van der Waals surface area contributed by atoms with E-state index in [4.69, 9.17) is 4.74 Å². The minimum atomic E-state index is 0.643. The van der Waals surface area contributed by atoms with Crippen molar-refractivity contribution in [3.63, 3.8) is 0 Å². The molecule has 2 heterocycles. The van der Waals surface area contributed by atoms with E-state index in [1.807, 2.05) is 18.3 Å². The molecule has 2 rings (SSSR count). The molecule has 1 fully saturated rings. The average Bonchev–Trinajstić information content (AvgIpc) is 2.68. The van der Waals surface area contributed by atoms with Crippen LogP contribution in [0.15, 0.2) is 22.8 Å². The van der Waals surface area contributed by atoms with Crippen LogP contribution < -0.4 is 4.90 Å². The average molecular weight is 271 g/mol. The number of methoxy groups -OCH3 is 1. The Morgan fingerprint density at radius 3 is 3.27 bits per heavy atom. The largest absolute Gasteiger partial charge is 0.384 e. The Morgan fingerprint density at radius 1 is 1.67 bits per heavy atom. The maximum absolute atomic E-state index is 5.18. The zero-order valence-corrected chi connectivity index (χ0v) is 10.4. The molecule has 1 aromatic heterocycles. The van der Waals surface area contributed by atoms with Crippen LogP contribution in [-0.2, 0) is 4.74 Å². The Balaban J connectivity index is 2.04. The lowest BCUT2D eigenvalue weighted by molar-refractivity contribution is 0.161. The summed E-state index contributed by atoms with van der Waals surface area (Å²) in [5, 5.41) is 0. The van der Waals surface area contributed by atoms with Gasteiger partial charge in [-0.15, -0.1) is 0 Å². The van der Waals surface area contributed by atoms with Crippen LogP contribution in [0.1, 0.15) is 6.42 Å². The molecule has 15 heavy (non-hydrogen) atoms. The summed E-state index contributed by atoms with van der Waals surface area (Å²) in [6.45, 7) is 2.97. The molecule has 0 aromatic carbocycles. The Labute approximate surface area is 98.6 Å². The summed E-state index contributed by atoms with van der Waals surface area (Å²) in [7, 11) is 1.76. The van der Waals surface area contributed by atoms with Crippen LogP contribution in [0.5, 0.6) is 0 Å². The van der Waals surface area contributed by atoms with Gasteiger partial charge in [-0.2, -0.15) is 0 Å². The standard InChI is InChI=1S/C11H15BrN2O/c1-15-8-9-4-6-14(7-9)11-10(12)3-2-5-13-11/h2-3,5,9H,4,6-8H2,1H3. The molecular formula is C11H15BrN2O. The van der Waals surface area contributed by atoms with Crippen molar-refractivity contribution in [3.05, 3.63) is 22.8 Å². The third-order valence-electron chi connectivity index (χ3n) is 2.73. The Bertz CT molecular complexity index is 332. The summed E-state index contributed by atoms with van der Waals surface area (Å²) in [6.07, 6.45) is 3.03. The molecule has 3 nitrogen and oxygen atoms in total. The van der Waals surface area contributed by atoms with Crippen LogP contribution >= 0.6 is 15.9 Å². The molecule has 1 atom stereocenters. The van der Waals surface area contributed by atoms with Crippen molar-refractivity contribution in [2.75, 3.05) is 31.7 Å². The van der Waals surface area contributed by atoms with Gasteiger partial charge in [0.15, 0.2) is 0 Å². The smallest absolute Gasteiger partial charge is 0.142 e. The first-order chi connectivity index (χ1) is 7.31. The van der Waals surface area contributed by atoms with Gasteiger partial charge in [-0.25, -0.2) is 4.98 Å². The Kier molecular flexibility index (Phi) is 3.59. The molecule has 1 aliphatic rings. The van der Waals surface area contributed by atoms with E-state index in [-0.39, 0.29) is 0 Å². The van der Waals surface area contributed by atoms with Gasteiger partial charge in [-0.1, -0.05) is 0 Å². The summed E-state index contributed by atoms with van der Waals surface area (Å²) < 4.78 is 6.25. The van der Waals surface area contributed by atoms with Gasteiger partial charge in [-0.3, -0.25) is 0 Å². The highest BCUT2D eigenvalue weighted by Crippen LogP contribution is 2.28. The molecule has 1 unspecified atom stereocenters. The summed E-state index contributed by atoms with van der Waals surface area (Å²) in [5.41, 5.74) is 0. The number of anilines is 1. The number of hydrogen-bond donors (Lipinski definition) is 0. The lowest BCUT2D eigenvalue weighted by Gasteiger charge is -2.18. The number of rotatable bonds is 3. The molecule has 0 spiro atoms. The Morgan fingerprint density at radius 2 is 2.53 bits per heavy atom. The van der Waals surface area contributed by atoms with Crippen LogP contribution in [0, 0.1) is 5.92 Å². The zero-order valence-electron chi connectivity index (χ0n) is 8.82. The lowest BCUT2D eigenvalue weighted by Crippen LogP contribution is -2.22. The molecule has 0 bridgehead atoms. The monoisotopic (exact) mass is 270 g/mol. The first-order valence-corrected chi connectivity index (χ1v) is 5.95. The fraction of sp³-hybridized carbons (Fsp3) is 0.545. The van der Waals surface area contributed by atoms with Crippen LogP contribution in [0.2, 0.25) is 0 Å². The summed E-state index contributed by atoms with van der Waals surface area (Å²) in [5.74, 6) is 1.69. The maximum atomic E-state index is 5.18. The summed E-state index contributed by atoms with van der Waals surface area (Å²) in [6, 6.07) is 3.97. The van der Waals surface area contributed by atoms with Gasteiger partial charge in [0, 0.05) is 32.3 Å². The van der Waals surface area contributed by atoms with Crippen molar-refractivity contribution < 1.29 is 4.74 Å². The highest BCUT2D eigenvalue weighted by atomic mass is 79.9. The van der Waals surface area contributed by atoms with E-state index in [2.05, 4.69) is 25.8 Å². The lowest BCUT2D eigenvalue weighted by atomic mass is 10.1. The van der Waals surface area contributed by atoms with Crippen LogP contribution in [0.25, 0.3) is 0 Å². The maximum Gasteiger partial charge on any atom is 0.142 e. The summed E-state index contributed by atoms with van der Waals surface area (Å²) >= 11 is 3.53. The van der Waals surface area contributed by atoms with E-state index in [0.29, 0.717) is 5.92 Å². The molecule has 82 valence electrons. The molecule has 1 saturated heterocycles. The second kappa shape index (κ2) is 4.94. The fourth-order valence-electron chi connectivity index (χ4n) is 2.01. The molecule has 4 heteroatoms. The van der Waals surface area contributed by atoms with E-state index in [0.717, 1.165) is 30.0 Å². The number of hydrogen-bond acceptors (Lipinski definition) is 3. The molecule has 1 aliphatic heterocycles. The van der Waals surface area contributed by atoms with Crippen molar-refractivity contribution in [1.29, 1.82) is 0 Å². The van der Waals surface area contributed by atoms with Gasteiger partial charge in [0.25, 0.3) is 0 Å². The quantitative estimate of drug-likeness (QED) is 0.843. The van der Waals surface area contributed by atoms with Gasteiger partial charge in [0.2, 0.25) is 0 Å². The predicted octanol–water partition coefficient (Wildman–Crippen LogP) is 2.32. The first-order valence-electron chi connectivity index (χ1n) is 5.15. The minimum absolute atomic E-state index is 0.643. The second-order valence-electron chi connectivity index (χ2n) is 3.86. The van der Waals surface area contributed by atoms with E-state index < -0.39 is 0 Å². The third kappa shape index (κ3) is 2.49. The minimum Gasteiger partial charge on any atom is -0.384 e. The highest BCUT2D eigenvalue weighted by Gasteiger charge is 2.24. The molecule has 0 radical (unpaired) electrons. The zero-order chi connectivity index (χ0) is 10.7. The van der Waals surface area contributed by atoms with E-state index in [9.17, 15) is 0 Å². The normalized spacial score (nSPS) is 20.9. The van der Waals surface area contributed by atoms with Crippen LogP contribution in [-0.4, -0.2) is 31.8 Å². The van der Waals surface area contributed by atoms with Crippen molar-refractivity contribution >= 4 is 21.7 Å². The third-order valence-corrected chi connectivity index (χ3v) is 3.35. The molecule has 0 amide bonds. The number of pyridine rings is 1. The van der Waals surface area contributed by atoms with Gasteiger partial charge in [0.05, 0.1) is 11.1 Å². The molecule has 1 aromatic rings. The second-order valence-corrected chi connectivity index (χ2v) is 4.72. The number of aromatic nitrogens is 1. The topological polar surface area (TPSA) is 25.4 Å². The van der Waals surface area contributed by atoms with Gasteiger partial charge >= 0.3 is 0 Å². The van der Waals surface area contributed by atoms with Gasteiger partial charge in [-0.05, 0) is 34.5 Å². The van der Waals surface area contributed by atoms with Crippen molar-refractivity contribution in [2.45, 2.75) is 6.42 Å². The van der Waals surface area contributed by atoms with Gasteiger partial charge in [0.1, 0.15) is 5.82 Å². The summed E-state index contributed by atoms with van der Waals surface area (Å²) in [4.78, 5) is 6.71. The van der Waals surface area contributed by atoms with Crippen molar-refractivity contribution in [3.8, 4) is 0 Å². The van der Waals surface area contributed by atoms with Crippen molar-refractivity contribution in [2.24, 2.45) is 5.92 Å². The van der Waals surface area contributed by atoms with Gasteiger partial charge < -0.3 is 9.64 Å². The first kappa shape index (κ1) is 10.9. The Hall–Kier alpha value is -0.610. The molecular weight excluding hydrogens is 256 g/mol. The van der Waals surface area contributed by atoms with E-state index in [1.54, 1.807) is 7.11 Å². The predicted molar refractivity (Wildman–Crippen MR) is 64.1 cm³/mol. The molecule has 0 aliphatic carbocycles. The number of halogens is 1. The number of nitrogens with zero attached hydrogens (tertiary/aromatic N) is 2. The van der Waals surface area contributed by atoms with Crippen LogP contribution in [0.4, 0.5) is 5.82 Å². The molecule has 0 N–H and O–H groups in total. The fourth-order valence-corrected chi connectivity index (χ4v) is 2.51. The van der Waals surface area contributed by atoms with E-state index >= 15 is 0 Å². The number of ether oxygens (including phenoxy) is 1. The van der Waals surface area contributed by atoms with Crippen molar-refractivity contribution in [1.82, 2.24) is 4.98 Å².